The number of nitrogens with zero attached hydrogens (tertiary/aromatic N) is 2. The summed E-state index contributed by atoms with van der Waals surface area (Å²) in [6, 6.07) is 0. The molecule has 0 radical (unpaired) electrons. The molecule has 1 saturated heterocycles. The molecule has 4 heteroatoms. The van der Waals surface area contributed by atoms with Gasteiger partial charge in [0.1, 0.15) is 0 Å². The fourth-order valence-electron chi connectivity index (χ4n) is 2.21. The van der Waals surface area contributed by atoms with E-state index in [2.05, 4.69) is 41.4 Å². The van der Waals surface area contributed by atoms with E-state index in [1.165, 1.54) is 5.01 Å². The van der Waals surface area contributed by atoms with E-state index >= 15 is 0 Å². The predicted molar refractivity (Wildman–Crippen MR) is 69.1 cm³/mol. The molecular weight excluding hydrogens is 218 g/mol. The van der Waals surface area contributed by atoms with E-state index in [0.717, 1.165) is 38.3 Å². The van der Waals surface area contributed by atoms with Crippen LogP contribution in [-0.4, -0.2) is 41.6 Å². The molecule has 3 nitrogen and oxygen atoms in total. The lowest BCUT2D eigenvalue weighted by atomic mass is 10.0. The molecule has 2 heterocycles. The second-order valence-electron chi connectivity index (χ2n) is 5.22. The number of hydrogen-bond acceptors (Lipinski definition) is 4. The minimum atomic E-state index is 0.261. The predicted octanol–water partition coefficient (Wildman–Crippen LogP) is 1.68. The summed E-state index contributed by atoms with van der Waals surface area (Å²) in [7, 11) is 0. The molecule has 1 aliphatic heterocycles. The summed E-state index contributed by atoms with van der Waals surface area (Å²) in [4.78, 5) is 7.04. The number of aromatic nitrogens is 1. The minimum Gasteiger partial charge on any atom is -0.309 e. The van der Waals surface area contributed by atoms with Crippen LogP contribution < -0.4 is 5.32 Å². The van der Waals surface area contributed by atoms with E-state index < -0.39 is 0 Å². The van der Waals surface area contributed by atoms with Crippen LogP contribution in [0.5, 0.6) is 0 Å². The average molecular weight is 239 g/mol. The Morgan fingerprint density at radius 2 is 2.38 bits per heavy atom. The second kappa shape index (κ2) is 4.82. The second-order valence-corrected chi connectivity index (χ2v) is 6.16. The van der Waals surface area contributed by atoms with Gasteiger partial charge in [0.05, 0.1) is 5.01 Å². The molecule has 90 valence electrons. The van der Waals surface area contributed by atoms with Gasteiger partial charge in [0.2, 0.25) is 0 Å². The van der Waals surface area contributed by atoms with Crippen LogP contribution in [0.25, 0.3) is 0 Å². The van der Waals surface area contributed by atoms with Crippen molar-refractivity contribution in [2.45, 2.75) is 32.7 Å². The SMILES string of the molecule is Cc1csc(CCN2CCNC(C)(C)C2)n1. The topological polar surface area (TPSA) is 28.2 Å². The summed E-state index contributed by atoms with van der Waals surface area (Å²) in [6.45, 7) is 11.1. The van der Waals surface area contributed by atoms with Crippen LogP contribution in [0.3, 0.4) is 0 Å². The number of nitrogens with one attached hydrogen (secondary N) is 1. The Hall–Kier alpha value is -0.450. The largest absolute Gasteiger partial charge is 0.309 e. The van der Waals surface area contributed by atoms with Crippen molar-refractivity contribution in [3.8, 4) is 0 Å². The Morgan fingerprint density at radius 1 is 1.56 bits per heavy atom. The monoisotopic (exact) mass is 239 g/mol. The lowest BCUT2D eigenvalue weighted by Crippen LogP contribution is -2.57. The molecule has 1 N–H and O–H groups in total. The summed E-state index contributed by atoms with van der Waals surface area (Å²) in [5, 5.41) is 6.94. The summed E-state index contributed by atoms with van der Waals surface area (Å²) in [6.07, 6.45) is 1.09. The molecule has 0 spiro atoms. The molecule has 1 fully saturated rings. The molecule has 2 rings (SSSR count). The summed E-state index contributed by atoms with van der Waals surface area (Å²) in [5.74, 6) is 0. The van der Waals surface area contributed by atoms with Crippen molar-refractivity contribution in [1.29, 1.82) is 0 Å². The molecule has 0 saturated carbocycles. The van der Waals surface area contributed by atoms with Gasteiger partial charge in [-0.05, 0) is 20.8 Å². The van der Waals surface area contributed by atoms with Gasteiger partial charge in [-0.3, -0.25) is 4.90 Å². The first-order valence-corrected chi connectivity index (χ1v) is 6.81. The number of aryl methyl sites for hydroxylation is 1. The van der Waals surface area contributed by atoms with Gasteiger partial charge in [-0.2, -0.15) is 0 Å². The molecule has 1 aromatic rings. The van der Waals surface area contributed by atoms with Crippen molar-refractivity contribution in [2.75, 3.05) is 26.2 Å². The lowest BCUT2D eigenvalue weighted by molar-refractivity contribution is 0.156. The van der Waals surface area contributed by atoms with E-state index in [1.807, 2.05) is 0 Å². The maximum atomic E-state index is 4.51. The van der Waals surface area contributed by atoms with Crippen molar-refractivity contribution in [1.82, 2.24) is 15.2 Å². The van der Waals surface area contributed by atoms with Crippen molar-refractivity contribution in [3.63, 3.8) is 0 Å². The van der Waals surface area contributed by atoms with Gasteiger partial charge in [-0.1, -0.05) is 0 Å². The van der Waals surface area contributed by atoms with Crippen LogP contribution in [0.1, 0.15) is 24.5 Å². The molecule has 0 aliphatic carbocycles. The van der Waals surface area contributed by atoms with Crippen LogP contribution in [0, 0.1) is 6.92 Å². The summed E-state index contributed by atoms with van der Waals surface area (Å²) < 4.78 is 0. The third-order valence-electron chi connectivity index (χ3n) is 2.96. The Bertz CT molecular complexity index is 346. The van der Waals surface area contributed by atoms with Gasteiger partial charge in [0.25, 0.3) is 0 Å². The Morgan fingerprint density at radius 3 is 3.00 bits per heavy atom. The van der Waals surface area contributed by atoms with Crippen molar-refractivity contribution in [3.05, 3.63) is 16.1 Å². The first kappa shape index (κ1) is 12.0. The van der Waals surface area contributed by atoms with Crippen LogP contribution in [-0.2, 0) is 6.42 Å². The molecule has 0 aromatic carbocycles. The van der Waals surface area contributed by atoms with Gasteiger partial charge < -0.3 is 5.32 Å². The highest BCUT2D eigenvalue weighted by Crippen LogP contribution is 2.13. The highest BCUT2D eigenvalue weighted by atomic mass is 32.1. The number of thiazole rings is 1. The number of rotatable bonds is 3. The van der Waals surface area contributed by atoms with Crippen LogP contribution in [0.4, 0.5) is 0 Å². The van der Waals surface area contributed by atoms with Gasteiger partial charge >= 0.3 is 0 Å². The van der Waals surface area contributed by atoms with Crippen molar-refractivity contribution in [2.24, 2.45) is 0 Å². The van der Waals surface area contributed by atoms with E-state index in [0.29, 0.717) is 0 Å². The summed E-state index contributed by atoms with van der Waals surface area (Å²) >= 11 is 1.78. The van der Waals surface area contributed by atoms with Crippen molar-refractivity contribution >= 4 is 11.3 Å². The molecular formula is C12H21N3S. The number of hydrogen-bond donors (Lipinski definition) is 1. The molecule has 0 amide bonds. The van der Waals surface area contributed by atoms with Gasteiger partial charge in [-0.15, -0.1) is 11.3 Å². The average Bonchev–Trinajstić information content (AvgIpc) is 2.60. The highest BCUT2D eigenvalue weighted by molar-refractivity contribution is 7.09. The minimum absolute atomic E-state index is 0.261. The quantitative estimate of drug-likeness (QED) is 0.870. The molecule has 0 atom stereocenters. The third-order valence-corrected chi connectivity index (χ3v) is 3.99. The standard InChI is InChI=1S/C12H21N3S/c1-10-8-16-11(14-10)4-6-15-7-5-13-12(2,3)9-15/h8,13H,4-7,9H2,1-3H3. The molecule has 0 unspecified atom stereocenters. The zero-order valence-corrected chi connectivity index (χ0v) is 11.2. The maximum Gasteiger partial charge on any atom is 0.0940 e. The van der Waals surface area contributed by atoms with Gasteiger partial charge in [0, 0.05) is 49.2 Å². The van der Waals surface area contributed by atoms with Gasteiger partial charge in [0.15, 0.2) is 0 Å². The maximum absolute atomic E-state index is 4.51. The normalized spacial score (nSPS) is 21.2. The van der Waals surface area contributed by atoms with E-state index in [1.54, 1.807) is 11.3 Å². The lowest BCUT2D eigenvalue weighted by Gasteiger charge is -2.39. The Balaban J connectivity index is 1.82. The van der Waals surface area contributed by atoms with E-state index in [-0.39, 0.29) is 5.54 Å². The molecule has 1 aliphatic rings. The first-order valence-electron chi connectivity index (χ1n) is 5.94. The Kier molecular flexibility index (Phi) is 3.62. The highest BCUT2D eigenvalue weighted by Gasteiger charge is 2.25. The van der Waals surface area contributed by atoms with E-state index in [4.69, 9.17) is 0 Å². The fraction of sp³-hybridized carbons (Fsp3) is 0.750. The molecule has 16 heavy (non-hydrogen) atoms. The fourth-order valence-corrected chi connectivity index (χ4v) is 2.97. The van der Waals surface area contributed by atoms with Crippen LogP contribution >= 0.6 is 11.3 Å². The Labute approximate surface area is 102 Å². The smallest absolute Gasteiger partial charge is 0.0940 e. The summed E-state index contributed by atoms with van der Waals surface area (Å²) in [5.41, 5.74) is 1.41. The van der Waals surface area contributed by atoms with Crippen molar-refractivity contribution < 1.29 is 0 Å². The van der Waals surface area contributed by atoms with Crippen LogP contribution in [0.15, 0.2) is 5.38 Å². The zero-order chi connectivity index (χ0) is 11.6. The third kappa shape index (κ3) is 3.27. The molecule has 1 aromatic heterocycles. The molecule has 0 bridgehead atoms. The first-order chi connectivity index (χ1) is 7.55. The van der Waals surface area contributed by atoms with Gasteiger partial charge in [-0.25, -0.2) is 4.98 Å². The van der Waals surface area contributed by atoms with E-state index in [9.17, 15) is 0 Å². The van der Waals surface area contributed by atoms with Crippen LogP contribution in [0.2, 0.25) is 0 Å². The number of piperazine rings is 1. The zero-order valence-electron chi connectivity index (χ0n) is 10.4.